The minimum absolute atomic E-state index is 0. The summed E-state index contributed by atoms with van der Waals surface area (Å²) in [5.41, 5.74) is 5.27. The molecule has 5 nitrogen and oxygen atoms in total. The van der Waals surface area contributed by atoms with Crippen LogP contribution in [0.25, 0.3) is 0 Å². The minimum Gasteiger partial charge on any atom is -0.326 e. The highest BCUT2D eigenvalue weighted by atomic mass is 35.5. The Morgan fingerprint density at radius 3 is 2.47 bits per heavy atom. The number of rotatable bonds is 3. The van der Waals surface area contributed by atoms with Crippen LogP contribution in [0.5, 0.6) is 0 Å². The van der Waals surface area contributed by atoms with Crippen LogP contribution in [-0.2, 0) is 9.59 Å². The third kappa shape index (κ3) is 3.65. The second kappa shape index (κ2) is 5.54. The first kappa shape index (κ1) is 15.4. The first-order chi connectivity index (χ1) is 8.40. The summed E-state index contributed by atoms with van der Waals surface area (Å²) in [5, 5.41) is 4.95. The number of anilines is 2. The predicted octanol–water partition coefficient (Wildman–Crippen LogP) is 1.64. The van der Waals surface area contributed by atoms with Gasteiger partial charge in [-0.3, -0.25) is 9.59 Å². The van der Waals surface area contributed by atoms with E-state index in [1.807, 2.05) is 0 Å². The van der Waals surface area contributed by atoms with E-state index >= 15 is 0 Å². The van der Waals surface area contributed by atoms with Crippen molar-refractivity contribution in [3.8, 4) is 0 Å². The Morgan fingerprint density at radius 2 is 1.95 bits per heavy atom. The number of amides is 2. The Bertz CT molecular complexity index is 518. The highest BCUT2D eigenvalue weighted by Gasteiger charge is 2.46. The molecule has 0 atom stereocenters. The molecule has 0 saturated heterocycles. The molecule has 1 aliphatic carbocycles. The molecular weight excluding hydrogens is 273 g/mol. The molecule has 1 aromatic carbocycles. The van der Waals surface area contributed by atoms with E-state index in [1.165, 1.54) is 25.1 Å². The molecule has 0 spiro atoms. The number of hydrogen-bond donors (Lipinski definition) is 3. The standard InChI is InChI=1S/C12H14FN3O2.ClH/c1-7(17)15-8-2-3-9(13)10(6-8)16-11(18)12(14)4-5-12;/h2-3,6H,4-5,14H2,1H3,(H,15,17)(H,16,18);1H. The van der Waals surface area contributed by atoms with Crippen LogP contribution in [0, 0.1) is 5.82 Å². The maximum absolute atomic E-state index is 13.5. The van der Waals surface area contributed by atoms with E-state index in [-0.39, 0.29) is 24.0 Å². The van der Waals surface area contributed by atoms with Gasteiger partial charge in [-0.25, -0.2) is 4.39 Å². The minimum atomic E-state index is -0.865. The van der Waals surface area contributed by atoms with Crippen molar-refractivity contribution in [2.24, 2.45) is 5.73 Å². The van der Waals surface area contributed by atoms with Crippen molar-refractivity contribution in [3.05, 3.63) is 24.0 Å². The van der Waals surface area contributed by atoms with Gasteiger partial charge in [-0.15, -0.1) is 12.4 Å². The summed E-state index contributed by atoms with van der Waals surface area (Å²) >= 11 is 0. The Hall–Kier alpha value is -1.66. The summed E-state index contributed by atoms with van der Waals surface area (Å²) in [6.07, 6.45) is 1.21. The van der Waals surface area contributed by atoms with Crippen molar-refractivity contribution in [1.29, 1.82) is 0 Å². The summed E-state index contributed by atoms with van der Waals surface area (Å²) < 4.78 is 13.5. The molecule has 4 N–H and O–H groups in total. The van der Waals surface area contributed by atoms with Crippen molar-refractivity contribution in [2.45, 2.75) is 25.3 Å². The van der Waals surface area contributed by atoms with E-state index in [9.17, 15) is 14.0 Å². The molecule has 0 heterocycles. The average molecular weight is 288 g/mol. The normalized spacial score (nSPS) is 15.1. The first-order valence-electron chi connectivity index (χ1n) is 5.58. The lowest BCUT2D eigenvalue weighted by atomic mass is 10.2. The van der Waals surface area contributed by atoms with Crippen molar-refractivity contribution in [2.75, 3.05) is 10.6 Å². The lowest BCUT2D eigenvalue weighted by molar-refractivity contribution is -0.118. The van der Waals surface area contributed by atoms with Crippen LogP contribution < -0.4 is 16.4 Å². The highest BCUT2D eigenvalue weighted by Crippen LogP contribution is 2.33. The van der Waals surface area contributed by atoms with Crippen LogP contribution in [0.4, 0.5) is 15.8 Å². The molecule has 1 aromatic rings. The molecular formula is C12H15ClFN3O2. The SMILES string of the molecule is CC(=O)Nc1ccc(F)c(NC(=O)C2(N)CC2)c1.Cl. The monoisotopic (exact) mass is 287 g/mol. The average Bonchev–Trinajstić information content (AvgIpc) is 3.02. The zero-order chi connectivity index (χ0) is 13.3. The highest BCUT2D eigenvalue weighted by molar-refractivity contribution is 6.00. The van der Waals surface area contributed by atoms with Gasteiger partial charge in [0.25, 0.3) is 0 Å². The number of benzene rings is 1. The fourth-order valence-corrected chi connectivity index (χ4v) is 1.51. The second-order valence-electron chi connectivity index (χ2n) is 4.49. The quantitative estimate of drug-likeness (QED) is 0.790. The van der Waals surface area contributed by atoms with Crippen LogP contribution in [0.15, 0.2) is 18.2 Å². The third-order valence-corrected chi connectivity index (χ3v) is 2.78. The van der Waals surface area contributed by atoms with E-state index in [1.54, 1.807) is 0 Å². The molecule has 0 bridgehead atoms. The molecule has 1 aliphatic rings. The van der Waals surface area contributed by atoms with Gasteiger partial charge in [0.15, 0.2) is 0 Å². The molecule has 0 aromatic heterocycles. The lowest BCUT2D eigenvalue weighted by Gasteiger charge is -2.12. The molecule has 2 amide bonds. The molecule has 104 valence electrons. The van der Waals surface area contributed by atoms with Gasteiger partial charge in [0, 0.05) is 12.6 Å². The zero-order valence-electron chi connectivity index (χ0n) is 10.3. The Morgan fingerprint density at radius 1 is 1.32 bits per heavy atom. The third-order valence-electron chi connectivity index (χ3n) is 2.78. The zero-order valence-corrected chi connectivity index (χ0v) is 11.1. The van der Waals surface area contributed by atoms with Gasteiger partial charge in [-0.2, -0.15) is 0 Å². The summed E-state index contributed by atoms with van der Waals surface area (Å²) in [6.45, 7) is 1.35. The second-order valence-corrected chi connectivity index (χ2v) is 4.49. The van der Waals surface area contributed by atoms with Crippen LogP contribution in [0.3, 0.4) is 0 Å². The van der Waals surface area contributed by atoms with Crippen molar-refractivity contribution in [1.82, 2.24) is 0 Å². The van der Waals surface area contributed by atoms with Crippen LogP contribution in [0.1, 0.15) is 19.8 Å². The van der Waals surface area contributed by atoms with Gasteiger partial charge in [0.05, 0.1) is 11.2 Å². The molecule has 0 unspecified atom stereocenters. The van der Waals surface area contributed by atoms with E-state index < -0.39 is 17.3 Å². The smallest absolute Gasteiger partial charge is 0.244 e. The molecule has 7 heteroatoms. The lowest BCUT2D eigenvalue weighted by Crippen LogP contribution is -2.38. The van der Waals surface area contributed by atoms with Crippen LogP contribution >= 0.6 is 12.4 Å². The largest absolute Gasteiger partial charge is 0.326 e. The van der Waals surface area contributed by atoms with E-state index in [0.29, 0.717) is 18.5 Å². The number of nitrogens with two attached hydrogens (primary N) is 1. The van der Waals surface area contributed by atoms with E-state index in [0.717, 1.165) is 0 Å². The van der Waals surface area contributed by atoms with Crippen LogP contribution in [-0.4, -0.2) is 17.4 Å². The van der Waals surface area contributed by atoms with Gasteiger partial charge in [0.2, 0.25) is 11.8 Å². The Balaban J connectivity index is 0.00000180. The molecule has 0 radical (unpaired) electrons. The van der Waals surface area contributed by atoms with E-state index in [2.05, 4.69) is 10.6 Å². The van der Waals surface area contributed by atoms with Gasteiger partial charge >= 0.3 is 0 Å². The number of carbonyl (C=O) groups excluding carboxylic acids is 2. The topological polar surface area (TPSA) is 84.2 Å². The summed E-state index contributed by atoms with van der Waals surface area (Å²) in [7, 11) is 0. The fraction of sp³-hybridized carbons (Fsp3) is 0.333. The van der Waals surface area contributed by atoms with Gasteiger partial charge in [0.1, 0.15) is 5.82 Å². The molecule has 1 saturated carbocycles. The number of hydrogen-bond acceptors (Lipinski definition) is 3. The van der Waals surface area contributed by atoms with Crippen molar-refractivity contribution >= 4 is 35.6 Å². The van der Waals surface area contributed by atoms with Crippen molar-refractivity contribution < 1.29 is 14.0 Å². The van der Waals surface area contributed by atoms with Gasteiger partial charge in [-0.05, 0) is 31.0 Å². The predicted molar refractivity (Wildman–Crippen MR) is 72.7 cm³/mol. The molecule has 0 aliphatic heterocycles. The number of carbonyl (C=O) groups is 2. The van der Waals surface area contributed by atoms with Crippen LogP contribution in [0.2, 0.25) is 0 Å². The number of nitrogens with one attached hydrogen (secondary N) is 2. The maximum Gasteiger partial charge on any atom is 0.244 e. The summed E-state index contributed by atoms with van der Waals surface area (Å²) in [5.74, 6) is -1.24. The van der Waals surface area contributed by atoms with Gasteiger partial charge in [-0.1, -0.05) is 0 Å². The van der Waals surface area contributed by atoms with Gasteiger partial charge < -0.3 is 16.4 Å². The summed E-state index contributed by atoms with van der Waals surface area (Å²) in [4.78, 5) is 22.6. The molecule has 1 fully saturated rings. The molecule has 19 heavy (non-hydrogen) atoms. The van der Waals surface area contributed by atoms with E-state index in [4.69, 9.17) is 5.73 Å². The first-order valence-corrected chi connectivity index (χ1v) is 5.58. The van der Waals surface area contributed by atoms with Crippen molar-refractivity contribution in [3.63, 3.8) is 0 Å². The Labute approximate surface area is 116 Å². The summed E-state index contributed by atoms with van der Waals surface area (Å²) in [6, 6.07) is 3.96. The number of halogens is 2. The Kier molecular flexibility index (Phi) is 4.49. The maximum atomic E-state index is 13.5. The fourth-order valence-electron chi connectivity index (χ4n) is 1.51. The molecule has 2 rings (SSSR count).